The third kappa shape index (κ3) is 4.88. The average molecular weight is 366 g/mol. The standard InChI is InChI=1S/C22H26N2O3/c1-27-19-13-11-17(12-14-19)20-9-6-16-24(20)21(25)10-5-15-23-22(26)18-7-3-2-4-8-18/h2-4,7-8,11-14,20H,5-6,9-10,15-16H2,1H3,(H,23,26). The molecule has 1 fully saturated rings. The molecule has 0 saturated carbocycles. The van der Waals surface area contributed by atoms with Crippen LogP contribution >= 0.6 is 0 Å². The van der Waals surface area contributed by atoms with Gasteiger partial charge >= 0.3 is 0 Å². The molecule has 2 aromatic carbocycles. The van der Waals surface area contributed by atoms with E-state index in [2.05, 4.69) is 5.32 Å². The van der Waals surface area contributed by atoms with Crippen LogP contribution in [0.4, 0.5) is 0 Å². The molecule has 1 saturated heterocycles. The normalized spacial score (nSPS) is 16.2. The molecule has 2 amide bonds. The zero-order valence-electron chi connectivity index (χ0n) is 15.7. The van der Waals surface area contributed by atoms with Crippen molar-refractivity contribution < 1.29 is 14.3 Å². The first-order valence-electron chi connectivity index (χ1n) is 9.45. The Bertz CT molecular complexity index is 759. The maximum absolute atomic E-state index is 12.7. The van der Waals surface area contributed by atoms with Crippen LogP contribution in [0.15, 0.2) is 54.6 Å². The van der Waals surface area contributed by atoms with E-state index in [9.17, 15) is 9.59 Å². The molecule has 1 aliphatic heterocycles. The molecule has 1 aliphatic rings. The number of nitrogens with zero attached hydrogens (tertiary/aromatic N) is 1. The molecular weight excluding hydrogens is 340 g/mol. The number of hydrogen-bond acceptors (Lipinski definition) is 3. The van der Waals surface area contributed by atoms with Crippen molar-refractivity contribution in [3.8, 4) is 5.75 Å². The maximum atomic E-state index is 12.7. The van der Waals surface area contributed by atoms with E-state index < -0.39 is 0 Å². The summed E-state index contributed by atoms with van der Waals surface area (Å²) in [7, 11) is 1.65. The van der Waals surface area contributed by atoms with Crippen LogP contribution in [-0.4, -0.2) is 36.9 Å². The van der Waals surface area contributed by atoms with E-state index in [1.54, 1.807) is 19.2 Å². The predicted molar refractivity (Wildman–Crippen MR) is 105 cm³/mol. The molecule has 5 heteroatoms. The van der Waals surface area contributed by atoms with Gasteiger partial charge in [0.2, 0.25) is 5.91 Å². The van der Waals surface area contributed by atoms with Crippen molar-refractivity contribution in [3.63, 3.8) is 0 Å². The highest BCUT2D eigenvalue weighted by molar-refractivity contribution is 5.94. The number of likely N-dealkylation sites (tertiary alicyclic amines) is 1. The molecule has 142 valence electrons. The summed E-state index contributed by atoms with van der Waals surface area (Å²) in [6.07, 6.45) is 3.10. The van der Waals surface area contributed by atoms with Crippen LogP contribution < -0.4 is 10.1 Å². The molecule has 1 heterocycles. The van der Waals surface area contributed by atoms with Gasteiger partial charge in [-0.05, 0) is 49.1 Å². The summed E-state index contributed by atoms with van der Waals surface area (Å²) in [5.74, 6) is 0.881. The second-order valence-electron chi connectivity index (χ2n) is 6.74. The van der Waals surface area contributed by atoms with Crippen molar-refractivity contribution in [1.82, 2.24) is 10.2 Å². The van der Waals surface area contributed by atoms with Crippen molar-refractivity contribution in [3.05, 3.63) is 65.7 Å². The van der Waals surface area contributed by atoms with Gasteiger partial charge in [-0.15, -0.1) is 0 Å². The SMILES string of the molecule is COc1ccc(C2CCCN2C(=O)CCCNC(=O)c2ccccc2)cc1. The van der Waals surface area contributed by atoms with Crippen molar-refractivity contribution in [2.75, 3.05) is 20.2 Å². The van der Waals surface area contributed by atoms with Crippen LogP contribution in [0.3, 0.4) is 0 Å². The number of carbonyl (C=O) groups excluding carboxylic acids is 2. The lowest BCUT2D eigenvalue weighted by atomic mass is 10.0. The van der Waals surface area contributed by atoms with Crippen molar-refractivity contribution in [1.29, 1.82) is 0 Å². The highest BCUT2D eigenvalue weighted by Gasteiger charge is 2.29. The minimum Gasteiger partial charge on any atom is -0.497 e. The zero-order valence-corrected chi connectivity index (χ0v) is 15.7. The first-order chi connectivity index (χ1) is 13.2. The van der Waals surface area contributed by atoms with Gasteiger partial charge < -0.3 is 15.0 Å². The second-order valence-corrected chi connectivity index (χ2v) is 6.74. The fraction of sp³-hybridized carbons (Fsp3) is 0.364. The molecule has 1 N–H and O–H groups in total. The molecule has 0 radical (unpaired) electrons. The van der Waals surface area contributed by atoms with E-state index in [0.29, 0.717) is 24.9 Å². The van der Waals surface area contributed by atoms with Crippen molar-refractivity contribution >= 4 is 11.8 Å². The van der Waals surface area contributed by atoms with Crippen LogP contribution in [-0.2, 0) is 4.79 Å². The lowest BCUT2D eigenvalue weighted by molar-refractivity contribution is -0.132. The molecule has 0 aromatic heterocycles. The van der Waals surface area contributed by atoms with Gasteiger partial charge in [0.25, 0.3) is 5.91 Å². The molecule has 0 aliphatic carbocycles. The van der Waals surface area contributed by atoms with E-state index in [1.165, 1.54) is 0 Å². The fourth-order valence-corrected chi connectivity index (χ4v) is 3.51. The lowest BCUT2D eigenvalue weighted by Gasteiger charge is -2.25. The van der Waals surface area contributed by atoms with E-state index >= 15 is 0 Å². The van der Waals surface area contributed by atoms with Gasteiger partial charge in [-0.1, -0.05) is 30.3 Å². The number of nitrogens with one attached hydrogen (secondary N) is 1. The monoisotopic (exact) mass is 366 g/mol. The smallest absolute Gasteiger partial charge is 0.251 e. The first-order valence-corrected chi connectivity index (χ1v) is 9.45. The molecule has 1 atom stereocenters. The van der Waals surface area contributed by atoms with E-state index in [4.69, 9.17) is 4.74 Å². The van der Waals surface area contributed by atoms with Gasteiger partial charge in [0, 0.05) is 25.1 Å². The highest BCUT2D eigenvalue weighted by atomic mass is 16.5. The van der Waals surface area contributed by atoms with E-state index in [1.807, 2.05) is 47.4 Å². The third-order valence-electron chi connectivity index (χ3n) is 4.96. The third-order valence-corrected chi connectivity index (χ3v) is 4.96. The number of benzene rings is 2. The van der Waals surface area contributed by atoms with Gasteiger partial charge in [0.05, 0.1) is 13.2 Å². The molecule has 1 unspecified atom stereocenters. The topological polar surface area (TPSA) is 58.6 Å². The Morgan fingerprint density at radius 3 is 2.56 bits per heavy atom. The quantitative estimate of drug-likeness (QED) is 0.762. The summed E-state index contributed by atoms with van der Waals surface area (Å²) in [4.78, 5) is 26.6. The highest BCUT2D eigenvalue weighted by Crippen LogP contribution is 2.33. The molecule has 5 nitrogen and oxygen atoms in total. The molecule has 0 spiro atoms. The maximum Gasteiger partial charge on any atom is 0.251 e. The minimum atomic E-state index is -0.0969. The first kappa shape index (κ1) is 19.0. The number of rotatable bonds is 7. The summed E-state index contributed by atoms with van der Waals surface area (Å²) in [6, 6.07) is 17.2. The Morgan fingerprint density at radius 1 is 1.11 bits per heavy atom. The zero-order chi connectivity index (χ0) is 19.1. The van der Waals surface area contributed by atoms with Crippen molar-refractivity contribution in [2.24, 2.45) is 0 Å². The Labute approximate surface area is 160 Å². The summed E-state index contributed by atoms with van der Waals surface area (Å²) in [5.41, 5.74) is 1.79. The number of methoxy groups -OCH3 is 1. The fourth-order valence-electron chi connectivity index (χ4n) is 3.51. The minimum absolute atomic E-state index is 0.0969. The lowest BCUT2D eigenvalue weighted by Crippen LogP contribution is -2.31. The van der Waals surface area contributed by atoms with Crippen LogP contribution in [0.1, 0.15) is 47.6 Å². The van der Waals surface area contributed by atoms with Gasteiger partial charge in [-0.3, -0.25) is 9.59 Å². The van der Waals surface area contributed by atoms with Crippen LogP contribution in [0, 0.1) is 0 Å². The van der Waals surface area contributed by atoms with Gasteiger partial charge in [-0.2, -0.15) is 0 Å². The van der Waals surface area contributed by atoms with Crippen LogP contribution in [0.25, 0.3) is 0 Å². The summed E-state index contributed by atoms with van der Waals surface area (Å²) < 4.78 is 5.21. The number of carbonyl (C=O) groups is 2. The summed E-state index contributed by atoms with van der Waals surface area (Å²) in [5, 5.41) is 2.88. The van der Waals surface area contributed by atoms with Gasteiger partial charge in [0.1, 0.15) is 5.75 Å². The molecule has 3 rings (SSSR count). The second kappa shape index (κ2) is 9.21. The Kier molecular flexibility index (Phi) is 6.47. The molecular formula is C22H26N2O3. The van der Waals surface area contributed by atoms with Gasteiger partial charge in [-0.25, -0.2) is 0 Å². The van der Waals surface area contributed by atoms with Crippen LogP contribution in [0.2, 0.25) is 0 Å². The summed E-state index contributed by atoms with van der Waals surface area (Å²) >= 11 is 0. The van der Waals surface area contributed by atoms with Crippen molar-refractivity contribution in [2.45, 2.75) is 31.7 Å². The van der Waals surface area contributed by atoms with Gasteiger partial charge in [0.15, 0.2) is 0 Å². The number of hydrogen-bond donors (Lipinski definition) is 1. The summed E-state index contributed by atoms with van der Waals surface area (Å²) in [6.45, 7) is 1.30. The largest absolute Gasteiger partial charge is 0.497 e. The molecule has 27 heavy (non-hydrogen) atoms. The predicted octanol–water partition coefficient (Wildman–Crippen LogP) is 3.57. The number of ether oxygens (including phenoxy) is 1. The Morgan fingerprint density at radius 2 is 1.85 bits per heavy atom. The molecule has 0 bridgehead atoms. The van der Waals surface area contributed by atoms with Crippen LogP contribution in [0.5, 0.6) is 5.75 Å². The van der Waals surface area contributed by atoms with E-state index in [-0.39, 0.29) is 17.9 Å². The number of amides is 2. The molecule has 2 aromatic rings. The average Bonchev–Trinajstić information content (AvgIpc) is 3.21. The van der Waals surface area contributed by atoms with E-state index in [0.717, 1.165) is 30.7 Å². The Balaban J connectivity index is 1.47. The Hall–Kier alpha value is -2.82.